The molecule has 0 unspecified atom stereocenters. The lowest BCUT2D eigenvalue weighted by Crippen LogP contribution is -2.13. The molecule has 0 aliphatic rings. The molecular formula is C26H25N5OS2. The summed E-state index contributed by atoms with van der Waals surface area (Å²) in [6.07, 6.45) is 0. The number of carbonyl (C=O) groups excluding carboxylic acids is 1. The molecule has 0 atom stereocenters. The molecular weight excluding hydrogens is 462 g/mol. The molecule has 5 rings (SSSR count). The monoisotopic (exact) mass is 487 g/mol. The van der Waals surface area contributed by atoms with Crippen LogP contribution in [0.4, 0.5) is 16.5 Å². The SMILES string of the molecule is CCn1c2ccccc2c2cc(NC(=O)CSc3nnc(Nc4ccc(C)c(C)c4)s3)ccc21. The smallest absolute Gasteiger partial charge is 0.234 e. The zero-order valence-electron chi connectivity index (χ0n) is 19.3. The van der Waals surface area contributed by atoms with Crippen molar-refractivity contribution >= 4 is 67.3 Å². The Kier molecular flexibility index (Phi) is 6.26. The van der Waals surface area contributed by atoms with Crippen molar-refractivity contribution in [1.82, 2.24) is 14.8 Å². The Balaban J connectivity index is 1.23. The van der Waals surface area contributed by atoms with Crippen LogP contribution in [-0.4, -0.2) is 26.4 Å². The van der Waals surface area contributed by atoms with Gasteiger partial charge in [-0.15, -0.1) is 10.2 Å². The van der Waals surface area contributed by atoms with Gasteiger partial charge in [-0.25, -0.2) is 0 Å². The van der Waals surface area contributed by atoms with Gasteiger partial charge in [0, 0.05) is 39.7 Å². The van der Waals surface area contributed by atoms with Crippen molar-refractivity contribution < 1.29 is 4.79 Å². The van der Waals surface area contributed by atoms with Crippen LogP contribution in [0.2, 0.25) is 0 Å². The van der Waals surface area contributed by atoms with E-state index in [-0.39, 0.29) is 11.7 Å². The Morgan fingerprint density at radius 1 is 0.941 bits per heavy atom. The molecule has 0 spiro atoms. The fourth-order valence-corrected chi connectivity index (χ4v) is 5.63. The molecule has 172 valence electrons. The second-order valence-corrected chi connectivity index (χ2v) is 10.3. The topological polar surface area (TPSA) is 71.8 Å². The number of benzene rings is 3. The van der Waals surface area contributed by atoms with E-state index in [2.05, 4.69) is 94.7 Å². The number of amides is 1. The molecule has 0 radical (unpaired) electrons. The molecule has 0 saturated carbocycles. The molecule has 0 aliphatic carbocycles. The summed E-state index contributed by atoms with van der Waals surface area (Å²) in [4.78, 5) is 12.6. The van der Waals surface area contributed by atoms with E-state index in [1.165, 1.54) is 50.6 Å². The van der Waals surface area contributed by atoms with Gasteiger partial charge < -0.3 is 15.2 Å². The minimum absolute atomic E-state index is 0.0672. The Labute approximate surface area is 206 Å². The summed E-state index contributed by atoms with van der Waals surface area (Å²) in [6.45, 7) is 7.22. The molecule has 2 aromatic heterocycles. The van der Waals surface area contributed by atoms with Crippen molar-refractivity contribution in [1.29, 1.82) is 0 Å². The number of anilines is 3. The van der Waals surface area contributed by atoms with E-state index in [1.807, 2.05) is 12.1 Å². The molecule has 34 heavy (non-hydrogen) atoms. The minimum Gasteiger partial charge on any atom is -0.341 e. The number of rotatable bonds is 7. The van der Waals surface area contributed by atoms with E-state index in [4.69, 9.17) is 0 Å². The highest BCUT2D eigenvalue weighted by molar-refractivity contribution is 8.01. The molecule has 2 N–H and O–H groups in total. The van der Waals surface area contributed by atoms with Crippen molar-refractivity contribution in [3.8, 4) is 0 Å². The van der Waals surface area contributed by atoms with Gasteiger partial charge in [0.15, 0.2) is 4.34 Å². The van der Waals surface area contributed by atoms with Gasteiger partial charge in [0.2, 0.25) is 11.0 Å². The molecule has 0 aliphatic heterocycles. The molecule has 1 amide bonds. The number of nitrogens with one attached hydrogen (secondary N) is 2. The summed E-state index contributed by atoms with van der Waals surface area (Å²) in [5.41, 5.74) is 6.63. The van der Waals surface area contributed by atoms with Gasteiger partial charge in [-0.3, -0.25) is 4.79 Å². The summed E-state index contributed by atoms with van der Waals surface area (Å²) in [6, 6.07) is 20.7. The molecule has 6 nitrogen and oxygen atoms in total. The predicted molar refractivity (Wildman–Crippen MR) is 144 cm³/mol. The van der Waals surface area contributed by atoms with Crippen LogP contribution in [0.3, 0.4) is 0 Å². The Morgan fingerprint density at radius 3 is 2.56 bits per heavy atom. The van der Waals surface area contributed by atoms with Crippen LogP contribution in [-0.2, 0) is 11.3 Å². The molecule has 5 aromatic rings. The third kappa shape index (κ3) is 4.51. The van der Waals surface area contributed by atoms with E-state index in [9.17, 15) is 4.79 Å². The molecule has 3 aromatic carbocycles. The van der Waals surface area contributed by atoms with Gasteiger partial charge >= 0.3 is 0 Å². The highest BCUT2D eigenvalue weighted by Gasteiger charge is 2.12. The number of aryl methyl sites for hydroxylation is 3. The second-order valence-electron chi connectivity index (χ2n) is 8.13. The normalized spacial score (nSPS) is 11.3. The summed E-state index contributed by atoms with van der Waals surface area (Å²) in [7, 11) is 0. The lowest BCUT2D eigenvalue weighted by Gasteiger charge is -2.06. The number of nitrogens with zero attached hydrogens (tertiary/aromatic N) is 3. The van der Waals surface area contributed by atoms with E-state index < -0.39 is 0 Å². The summed E-state index contributed by atoms with van der Waals surface area (Å²) in [5, 5.41) is 17.8. The van der Waals surface area contributed by atoms with Gasteiger partial charge in [0.05, 0.1) is 5.75 Å². The molecule has 0 bridgehead atoms. The Morgan fingerprint density at radius 2 is 1.74 bits per heavy atom. The second kappa shape index (κ2) is 9.48. The van der Waals surface area contributed by atoms with E-state index in [0.29, 0.717) is 5.13 Å². The molecule has 0 saturated heterocycles. The van der Waals surface area contributed by atoms with Gasteiger partial charge in [-0.1, -0.05) is 47.4 Å². The van der Waals surface area contributed by atoms with Crippen LogP contribution in [0.15, 0.2) is 65.0 Å². The van der Waals surface area contributed by atoms with Crippen molar-refractivity contribution in [2.45, 2.75) is 31.7 Å². The highest BCUT2D eigenvalue weighted by Crippen LogP contribution is 2.32. The van der Waals surface area contributed by atoms with Crippen molar-refractivity contribution in [3.63, 3.8) is 0 Å². The lowest BCUT2D eigenvalue weighted by molar-refractivity contribution is -0.113. The number of para-hydroxylation sites is 1. The minimum atomic E-state index is -0.0672. The maximum atomic E-state index is 12.6. The summed E-state index contributed by atoms with van der Waals surface area (Å²) in [5.74, 6) is 0.204. The largest absolute Gasteiger partial charge is 0.341 e. The molecule has 8 heteroatoms. The van der Waals surface area contributed by atoms with Crippen LogP contribution >= 0.6 is 23.1 Å². The van der Waals surface area contributed by atoms with Crippen LogP contribution in [0.5, 0.6) is 0 Å². The summed E-state index contributed by atoms with van der Waals surface area (Å²) >= 11 is 2.83. The van der Waals surface area contributed by atoms with Gasteiger partial charge in [-0.2, -0.15) is 0 Å². The first kappa shape index (κ1) is 22.4. The first-order chi connectivity index (χ1) is 16.5. The summed E-state index contributed by atoms with van der Waals surface area (Å²) < 4.78 is 3.05. The van der Waals surface area contributed by atoms with Gasteiger partial charge in [0.25, 0.3) is 0 Å². The number of aromatic nitrogens is 3. The average Bonchev–Trinajstić information content (AvgIpc) is 3.41. The van der Waals surface area contributed by atoms with Gasteiger partial charge in [-0.05, 0) is 68.3 Å². The van der Waals surface area contributed by atoms with Crippen molar-refractivity contribution in [3.05, 3.63) is 71.8 Å². The fraction of sp³-hybridized carbons (Fsp3) is 0.192. The average molecular weight is 488 g/mol. The van der Waals surface area contributed by atoms with Crippen LogP contribution in [0, 0.1) is 13.8 Å². The van der Waals surface area contributed by atoms with Crippen LogP contribution < -0.4 is 10.6 Å². The highest BCUT2D eigenvalue weighted by atomic mass is 32.2. The third-order valence-corrected chi connectivity index (χ3v) is 7.84. The first-order valence-corrected chi connectivity index (χ1v) is 12.9. The number of carbonyl (C=O) groups is 1. The predicted octanol–water partition coefficient (Wildman–Crippen LogP) is 6.76. The molecule has 2 heterocycles. The maximum absolute atomic E-state index is 12.6. The van der Waals surface area contributed by atoms with Crippen LogP contribution in [0.25, 0.3) is 21.8 Å². The Bertz CT molecular complexity index is 1500. The zero-order chi connectivity index (χ0) is 23.7. The number of hydrogen-bond acceptors (Lipinski definition) is 6. The third-order valence-electron chi connectivity index (χ3n) is 5.86. The van der Waals surface area contributed by atoms with Gasteiger partial charge in [0.1, 0.15) is 0 Å². The fourth-order valence-electron chi connectivity index (χ4n) is 4.06. The lowest BCUT2D eigenvalue weighted by atomic mass is 10.1. The first-order valence-electron chi connectivity index (χ1n) is 11.1. The van der Waals surface area contributed by atoms with Crippen molar-refractivity contribution in [2.24, 2.45) is 0 Å². The van der Waals surface area contributed by atoms with Crippen molar-refractivity contribution in [2.75, 3.05) is 16.4 Å². The maximum Gasteiger partial charge on any atom is 0.234 e. The molecule has 0 fully saturated rings. The number of hydrogen-bond donors (Lipinski definition) is 2. The van der Waals surface area contributed by atoms with E-state index in [1.54, 1.807) is 0 Å². The standard InChI is InChI=1S/C26H25N5OS2/c1-4-31-22-8-6-5-7-20(22)21-14-19(11-12-23(21)31)27-24(32)15-33-26-30-29-25(34-26)28-18-10-9-16(2)17(3)13-18/h5-14H,4,15H2,1-3H3,(H,27,32)(H,28,29). The quantitative estimate of drug-likeness (QED) is 0.248. The van der Waals surface area contributed by atoms with E-state index in [0.717, 1.165) is 27.6 Å². The van der Waals surface area contributed by atoms with E-state index >= 15 is 0 Å². The Hall–Kier alpha value is -3.36. The number of fused-ring (bicyclic) bond motifs is 3. The number of thioether (sulfide) groups is 1. The van der Waals surface area contributed by atoms with Crippen LogP contribution in [0.1, 0.15) is 18.1 Å². The zero-order valence-corrected chi connectivity index (χ0v) is 20.9.